The van der Waals surface area contributed by atoms with Crippen LogP contribution in [0.3, 0.4) is 0 Å². The Bertz CT molecular complexity index is 1220. The second-order valence-corrected chi connectivity index (χ2v) is 7.76. The van der Waals surface area contributed by atoms with Crippen LogP contribution in [-0.2, 0) is 19.6 Å². The van der Waals surface area contributed by atoms with Crippen molar-refractivity contribution in [1.82, 2.24) is 4.98 Å². The summed E-state index contributed by atoms with van der Waals surface area (Å²) in [5.74, 6) is -1.95. The maximum absolute atomic E-state index is 13.9. The number of nitrogens with two attached hydrogens (primary N) is 1. The molecule has 0 saturated carbocycles. The van der Waals surface area contributed by atoms with Crippen LogP contribution >= 0.6 is 0 Å². The number of primary sulfonamides is 1. The minimum Gasteiger partial charge on any atom is -0.452 e. The molecule has 160 valence electrons. The molecule has 1 amide bonds. The average molecular weight is 444 g/mol. The summed E-state index contributed by atoms with van der Waals surface area (Å²) in [6.07, 6.45) is 1.41. The maximum Gasteiger partial charge on any atom is 0.342 e. The first-order chi connectivity index (χ1) is 14.7. The molecule has 0 aliphatic rings. The molecule has 31 heavy (non-hydrogen) atoms. The zero-order valence-electron chi connectivity index (χ0n) is 15.9. The van der Waals surface area contributed by atoms with E-state index < -0.39 is 34.3 Å². The number of pyridine rings is 1. The number of halogens is 1. The monoisotopic (exact) mass is 444 g/mol. The summed E-state index contributed by atoms with van der Waals surface area (Å²) in [7, 11) is -3.85. The highest BCUT2D eigenvalue weighted by atomic mass is 32.2. The largest absolute Gasteiger partial charge is 0.452 e. The highest BCUT2D eigenvalue weighted by Crippen LogP contribution is 2.21. The van der Waals surface area contributed by atoms with Crippen molar-refractivity contribution in [1.29, 1.82) is 0 Å². The lowest BCUT2D eigenvalue weighted by Crippen LogP contribution is -2.21. The molecule has 0 saturated heterocycles. The van der Waals surface area contributed by atoms with Crippen molar-refractivity contribution >= 4 is 39.1 Å². The molecule has 2 aromatic carbocycles. The van der Waals surface area contributed by atoms with Crippen LogP contribution in [0.4, 0.5) is 21.6 Å². The van der Waals surface area contributed by atoms with Crippen molar-refractivity contribution in [2.75, 3.05) is 17.2 Å². The van der Waals surface area contributed by atoms with E-state index in [0.717, 1.165) is 0 Å². The van der Waals surface area contributed by atoms with Gasteiger partial charge in [-0.1, -0.05) is 12.1 Å². The third kappa shape index (κ3) is 5.84. The molecular formula is C20H17FN4O5S. The molecule has 0 atom stereocenters. The molecule has 0 radical (unpaired) electrons. The van der Waals surface area contributed by atoms with Gasteiger partial charge in [0.05, 0.1) is 10.6 Å². The summed E-state index contributed by atoms with van der Waals surface area (Å²) in [5.41, 5.74) is 0.420. The fourth-order valence-corrected chi connectivity index (χ4v) is 3.01. The van der Waals surface area contributed by atoms with Gasteiger partial charge in [0.25, 0.3) is 5.91 Å². The fourth-order valence-electron chi connectivity index (χ4n) is 2.49. The van der Waals surface area contributed by atoms with Gasteiger partial charge in [-0.15, -0.1) is 0 Å². The van der Waals surface area contributed by atoms with E-state index >= 15 is 0 Å². The van der Waals surface area contributed by atoms with Crippen molar-refractivity contribution in [3.05, 3.63) is 78.2 Å². The predicted octanol–water partition coefficient (Wildman–Crippen LogP) is 2.41. The minimum atomic E-state index is -3.85. The van der Waals surface area contributed by atoms with E-state index in [0.29, 0.717) is 0 Å². The molecule has 1 aromatic heterocycles. The number of amides is 1. The quantitative estimate of drug-likeness (QED) is 0.475. The van der Waals surface area contributed by atoms with E-state index in [9.17, 15) is 22.4 Å². The van der Waals surface area contributed by atoms with E-state index in [-0.39, 0.29) is 27.7 Å². The standard InChI is InChI=1S/C20H17FN4O5S/c21-16-5-1-2-6-17(16)25-19-15(4-3-11-23-19)20(27)30-12-18(26)24-13-7-9-14(10-8-13)31(22,28)29/h1-11H,12H2,(H,23,25)(H,24,26)(H2,22,28,29). The number of esters is 1. The highest BCUT2D eigenvalue weighted by molar-refractivity contribution is 7.89. The minimum absolute atomic E-state index is 0.0102. The molecule has 3 aromatic rings. The van der Waals surface area contributed by atoms with Gasteiger partial charge in [-0.2, -0.15) is 0 Å². The molecule has 0 spiro atoms. The summed E-state index contributed by atoms with van der Waals surface area (Å²) in [5, 5.41) is 10.2. The highest BCUT2D eigenvalue weighted by Gasteiger charge is 2.17. The predicted molar refractivity (Wildman–Crippen MR) is 111 cm³/mol. The van der Waals surface area contributed by atoms with Gasteiger partial charge in [0.2, 0.25) is 10.0 Å². The second-order valence-electron chi connectivity index (χ2n) is 6.20. The van der Waals surface area contributed by atoms with Crippen LogP contribution in [0.2, 0.25) is 0 Å². The van der Waals surface area contributed by atoms with E-state index in [4.69, 9.17) is 9.88 Å². The molecule has 0 unspecified atom stereocenters. The third-order valence-corrected chi connectivity index (χ3v) is 4.88. The van der Waals surface area contributed by atoms with Gasteiger partial charge in [0.15, 0.2) is 6.61 Å². The first-order valence-electron chi connectivity index (χ1n) is 8.80. The second kappa shape index (κ2) is 9.32. The molecule has 1 heterocycles. The summed E-state index contributed by atoms with van der Waals surface area (Å²) in [6, 6.07) is 13.9. The molecule has 3 rings (SSSR count). The lowest BCUT2D eigenvalue weighted by Gasteiger charge is -2.11. The molecule has 0 bridgehead atoms. The van der Waals surface area contributed by atoms with Crippen LogP contribution in [-0.4, -0.2) is 31.9 Å². The SMILES string of the molecule is NS(=O)(=O)c1ccc(NC(=O)COC(=O)c2cccnc2Nc2ccccc2F)cc1. The molecule has 4 N–H and O–H groups in total. The van der Waals surface area contributed by atoms with Crippen LogP contribution in [0.25, 0.3) is 0 Å². The number of carbonyl (C=O) groups is 2. The fraction of sp³-hybridized carbons (Fsp3) is 0.0500. The zero-order valence-corrected chi connectivity index (χ0v) is 16.7. The van der Waals surface area contributed by atoms with E-state index in [1.165, 1.54) is 60.8 Å². The number of nitrogens with zero attached hydrogens (tertiary/aromatic N) is 1. The van der Waals surface area contributed by atoms with Crippen LogP contribution in [0, 0.1) is 5.82 Å². The Morgan fingerprint density at radius 1 is 1.03 bits per heavy atom. The summed E-state index contributed by atoms with van der Waals surface area (Å²) in [6.45, 7) is -0.607. The number of hydrogen-bond donors (Lipinski definition) is 3. The summed E-state index contributed by atoms with van der Waals surface area (Å²) < 4.78 is 41.4. The first kappa shape index (κ1) is 21.9. The van der Waals surface area contributed by atoms with Crippen molar-refractivity contribution in [2.45, 2.75) is 4.90 Å². The Morgan fingerprint density at radius 3 is 2.42 bits per heavy atom. The first-order valence-corrected chi connectivity index (χ1v) is 10.3. The Morgan fingerprint density at radius 2 is 1.74 bits per heavy atom. The summed E-state index contributed by atoms with van der Waals surface area (Å²) in [4.78, 5) is 28.3. The Labute approximate surface area is 177 Å². The van der Waals surface area contributed by atoms with E-state index in [2.05, 4.69) is 15.6 Å². The number of anilines is 3. The Hall–Kier alpha value is -3.83. The molecule has 0 fully saturated rings. The van der Waals surface area contributed by atoms with Crippen LogP contribution in [0.5, 0.6) is 0 Å². The smallest absolute Gasteiger partial charge is 0.342 e. The topological polar surface area (TPSA) is 140 Å². The van der Waals surface area contributed by atoms with Crippen LogP contribution < -0.4 is 15.8 Å². The molecular weight excluding hydrogens is 427 g/mol. The van der Waals surface area contributed by atoms with Gasteiger partial charge in [-0.25, -0.2) is 27.7 Å². The number of nitrogens with one attached hydrogen (secondary N) is 2. The van der Waals surface area contributed by atoms with Gasteiger partial charge in [-0.05, 0) is 48.5 Å². The number of rotatable bonds is 7. The average Bonchev–Trinajstić information content (AvgIpc) is 2.74. The van der Waals surface area contributed by atoms with Gasteiger partial charge in [-0.3, -0.25) is 4.79 Å². The number of benzene rings is 2. The van der Waals surface area contributed by atoms with Crippen molar-refractivity contribution in [3.63, 3.8) is 0 Å². The van der Waals surface area contributed by atoms with Gasteiger partial charge < -0.3 is 15.4 Å². The van der Waals surface area contributed by atoms with Crippen molar-refractivity contribution in [2.24, 2.45) is 5.14 Å². The third-order valence-electron chi connectivity index (χ3n) is 3.96. The number of ether oxygens (including phenoxy) is 1. The number of hydrogen-bond acceptors (Lipinski definition) is 7. The molecule has 11 heteroatoms. The summed E-state index contributed by atoms with van der Waals surface area (Å²) >= 11 is 0. The van der Waals surface area contributed by atoms with Gasteiger partial charge in [0.1, 0.15) is 17.2 Å². The lowest BCUT2D eigenvalue weighted by atomic mass is 10.2. The van der Waals surface area contributed by atoms with Gasteiger partial charge in [0, 0.05) is 11.9 Å². The number of para-hydroxylation sites is 1. The van der Waals surface area contributed by atoms with Gasteiger partial charge >= 0.3 is 5.97 Å². The molecule has 0 aliphatic heterocycles. The number of aromatic nitrogens is 1. The number of carbonyl (C=O) groups excluding carboxylic acids is 2. The number of sulfonamides is 1. The van der Waals surface area contributed by atoms with E-state index in [1.54, 1.807) is 6.07 Å². The maximum atomic E-state index is 13.9. The molecule has 9 nitrogen and oxygen atoms in total. The molecule has 0 aliphatic carbocycles. The zero-order chi connectivity index (χ0) is 22.4. The van der Waals surface area contributed by atoms with Crippen molar-refractivity contribution < 1.29 is 27.1 Å². The lowest BCUT2D eigenvalue weighted by molar-refractivity contribution is -0.119. The van der Waals surface area contributed by atoms with Crippen LogP contribution in [0.15, 0.2) is 71.8 Å². The normalized spacial score (nSPS) is 10.9. The van der Waals surface area contributed by atoms with E-state index in [1.807, 2.05) is 0 Å². The Kier molecular flexibility index (Phi) is 6.58. The van der Waals surface area contributed by atoms with Crippen molar-refractivity contribution in [3.8, 4) is 0 Å². The van der Waals surface area contributed by atoms with Crippen LogP contribution in [0.1, 0.15) is 10.4 Å². The Balaban J connectivity index is 1.62.